The van der Waals surface area contributed by atoms with E-state index < -0.39 is 6.09 Å². The van der Waals surface area contributed by atoms with Crippen molar-refractivity contribution >= 4 is 27.9 Å². The predicted octanol–water partition coefficient (Wildman–Crippen LogP) is 1.01. The highest BCUT2D eigenvalue weighted by Crippen LogP contribution is 2.52. The van der Waals surface area contributed by atoms with Crippen molar-refractivity contribution in [2.75, 3.05) is 46.1 Å². The summed E-state index contributed by atoms with van der Waals surface area (Å²) in [6.45, 7) is 2.60. The number of ether oxygens (including phenoxy) is 3. The number of aromatic nitrogens is 2. The number of halogens is 1. The number of nitrogens with one attached hydrogen (secondary N) is 2. The van der Waals surface area contributed by atoms with Gasteiger partial charge in [-0.05, 0) is 46.5 Å². The number of rotatable bonds is 14. The number of amides is 2. The van der Waals surface area contributed by atoms with Gasteiger partial charge < -0.3 is 24.8 Å². The van der Waals surface area contributed by atoms with Crippen LogP contribution in [0.5, 0.6) is 0 Å². The number of hydrogen-bond acceptors (Lipinski definition) is 7. The van der Waals surface area contributed by atoms with Crippen LogP contribution in [-0.4, -0.2) is 67.5 Å². The largest absolute Gasteiger partial charge is 0.449 e. The van der Waals surface area contributed by atoms with Crippen LogP contribution in [0, 0.1) is 29.6 Å². The average Bonchev–Trinajstić information content (AvgIpc) is 3.51. The van der Waals surface area contributed by atoms with E-state index in [1.807, 2.05) is 0 Å². The van der Waals surface area contributed by atoms with Crippen molar-refractivity contribution in [2.45, 2.75) is 38.6 Å². The van der Waals surface area contributed by atoms with Crippen molar-refractivity contribution in [3.8, 4) is 11.8 Å². The summed E-state index contributed by atoms with van der Waals surface area (Å²) in [6, 6.07) is 1.19. The summed E-state index contributed by atoms with van der Waals surface area (Å²) in [5.74, 6) is 7.88. The molecule has 2 N–H and O–H groups in total. The number of carbonyl (C=O) groups excluding carboxylic acids is 2. The Kier molecular flexibility index (Phi) is 11.7. The van der Waals surface area contributed by atoms with Gasteiger partial charge in [0.15, 0.2) is 0 Å². The highest BCUT2D eigenvalue weighted by atomic mass is 79.9. The molecule has 37 heavy (non-hydrogen) atoms. The first-order valence-corrected chi connectivity index (χ1v) is 13.4. The quantitative estimate of drug-likeness (QED) is 0.247. The summed E-state index contributed by atoms with van der Waals surface area (Å²) in [6.07, 6.45) is 3.74. The maximum Gasteiger partial charge on any atom is 0.407 e. The lowest BCUT2D eigenvalue weighted by Crippen LogP contribution is -2.38. The first-order chi connectivity index (χ1) is 17.9. The molecule has 1 aromatic rings. The minimum absolute atomic E-state index is 0.0597. The molecule has 1 unspecified atom stereocenters. The third-order valence-electron chi connectivity index (χ3n) is 6.62. The number of fused-ring (bicyclic) bond motifs is 1. The van der Waals surface area contributed by atoms with Gasteiger partial charge in [-0.1, -0.05) is 0 Å². The molecule has 1 saturated carbocycles. The monoisotopic (exact) mass is 582 g/mol. The summed E-state index contributed by atoms with van der Waals surface area (Å²) in [5.41, 5.74) is -0.714. The molecule has 204 valence electrons. The van der Waals surface area contributed by atoms with Crippen molar-refractivity contribution in [3.05, 3.63) is 31.2 Å². The van der Waals surface area contributed by atoms with Gasteiger partial charge in [-0.2, -0.15) is 0 Å². The fourth-order valence-corrected chi connectivity index (χ4v) is 4.98. The molecule has 2 aliphatic rings. The van der Waals surface area contributed by atoms with E-state index in [9.17, 15) is 19.2 Å². The van der Waals surface area contributed by atoms with Crippen LogP contribution in [0.25, 0.3) is 0 Å². The molecule has 3 rings (SSSR count). The van der Waals surface area contributed by atoms with E-state index in [2.05, 4.69) is 38.4 Å². The molecule has 0 radical (unpaired) electrons. The molecule has 2 amide bonds. The van der Waals surface area contributed by atoms with Gasteiger partial charge in [0.05, 0.1) is 44.1 Å². The lowest BCUT2D eigenvalue weighted by Gasteiger charge is -2.12. The zero-order valence-corrected chi connectivity index (χ0v) is 22.7. The zero-order valence-electron chi connectivity index (χ0n) is 21.1. The molecule has 11 nitrogen and oxygen atoms in total. The Hall–Kier alpha value is -2.62. The van der Waals surface area contributed by atoms with E-state index in [4.69, 9.17) is 14.2 Å². The molecular weight excluding hydrogens is 548 g/mol. The predicted molar refractivity (Wildman–Crippen MR) is 139 cm³/mol. The van der Waals surface area contributed by atoms with Crippen LogP contribution in [0.15, 0.2) is 20.1 Å². The van der Waals surface area contributed by atoms with Crippen LogP contribution in [0.1, 0.15) is 32.1 Å². The first-order valence-electron chi connectivity index (χ1n) is 12.6. The van der Waals surface area contributed by atoms with Crippen molar-refractivity contribution in [1.82, 2.24) is 20.0 Å². The molecule has 0 spiro atoms. The molecule has 0 saturated heterocycles. The smallest absolute Gasteiger partial charge is 0.407 e. The Bertz CT molecular complexity index is 1090. The van der Waals surface area contributed by atoms with E-state index in [-0.39, 0.29) is 34.5 Å². The van der Waals surface area contributed by atoms with Crippen molar-refractivity contribution in [1.29, 1.82) is 0 Å². The number of nitrogens with zero attached hydrogens (tertiary/aromatic N) is 2. The van der Waals surface area contributed by atoms with Gasteiger partial charge in [-0.3, -0.25) is 14.4 Å². The van der Waals surface area contributed by atoms with Gasteiger partial charge in [-0.15, -0.1) is 11.8 Å². The Morgan fingerprint density at radius 2 is 1.65 bits per heavy atom. The Morgan fingerprint density at radius 1 is 1.03 bits per heavy atom. The molecule has 12 heteroatoms. The van der Waals surface area contributed by atoms with Crippen LogP contribution in [0.2, 0.25) is 0 Å². The standard InChI is InChI=1S/C25H35BrN4O7/c1-29-24(33)21(26)16-23(32)30(29)11-8-22(31)27-9-12-35-14-15-36-13-10-28-25(34)37-17-20-18-6-4-2-3-5-7-19(18)20/h16,18-20H,4-15,17H2,1H3,(H,27,31)(H,28,34)/t18-,19+,20?. The second-order valence-corrected chi connectivity index (χ2v) is 9.91. The normalized spacial score (nSPS) is 20.0. The molecule has 1 aromatic heterocycles. The summed E-state index contributed by atoms with van der Waals surface area (Å²) in [4.78, 5) is 47.7. The summed E-state index contributed by atoms with van der Waals surface area (Å²) >= 11 is 3.04. The number of carbonyl (C=O) groups is 2. The van der Waals surface area contributed by atoms with Crippen LogP contribution in [0.4, 0.5) is 4.79 Å². The zero-order chi connectivity index (χ0) is 26.6. The second kappa shape index (κ2) is 15.0. The van der Waals surface area contributed by atoms with Crippen LogP contribution < -0.4 is 21.8 Å². The van der Waals surface area contributed by atoms with Gasteiger partial charge in [0.25, 0.3) is 11.1 Å². The average molecular weight is 583 g/mol. The van der Waals surface area contributed by atoms with Gasteiger partial charge in [0, 0.05) is 45.5 Å². The molecule has 1 fully saturated rings. The van der Waals surface area contributed by atoms with Gasteiger partial charge >= 0.3 is 6.09 Å². The van der Waals surface area contributed by atoms with Crippen LogP contribution >= 0.6 is 15.9 Å². The number of alkyl carbamates (subject to hydrolysis) is 1. The van der Waals surface area contributed by atoms with Crippen molar-refractivity contribution in [2.24, 2.45) is 24.8 Å². The SMILES string of the molecule is Cn1c(=O)c(Br)cc(=O)n1CCC(=O)NCCOCCOCCNC(=O)OCC1[C@H]2CCC#CCC[C@@H]12. The maximum atomic E-state index is 12.0. The highest BCUT2D eigenvalue weighted by molar-refractivity contribution is 9.10. The molecule has 0 aromatic carbocycles. The third-order valence-corrected chi connectivity index (χ3v) is 7.19. The summed E-state index contributed by atoms with van der Waals surface area (Å²) in [5, 5.41) is 5.39. The minimum atomic E-state index is -0.418. The fraction of sp³-hybridized carbons (Fsp3) is 0.680. The topological polar surface area (TPSA) is 130 Å². The van der Waals surface area contributed by atoms with E-state index in [1.165, 1.54) is 22.5 Å². The molecule has 0 aliphatic heterocycles. The lowest BCUT2D eigenvalue weighted by molar-refractivity contribution is -0.121. The van der Waals surface area contributed by atoms with E-state index in [0.717, 1.165) is 25.7 Å². The highest BCUT2D eigenvalue weighted by Gasteiger charge is 2.49. The van der Waals surface area contributed by atoms with Crippen LogP contribution in [-0.2, 0) is 32.6 Å². The van der Waals surface area contributed by atoms with E-state index in [0.29, 0.717) is 63.9 Å². The summed E-state index contributed by atoms with van der Waals surface area (Å²) < 4.78 is 18.8. The minimum Gasteiger partial charge on any atom is -0.449 e. The molecular formula is C25H35BrN4O7. The Labute approximate surface area is 224 Å². The Morgan fingerprint density at radius 3 is 2.30 bits per heavy atom. The molecule has 1 heterocycles. The fourth-order valence-electron chi connectivity index (χ4n) is 4.53. The van der Waals surface area contributed by atoms with Gasteiger partial charge in [0.1, 0.15) is 0 Å². The maximum absolute atomic E-state index is 12.0. The second-order valence-electron chi connectivity index (χ2n) is 9.05. The van der Waals surface area contributed by atoms with E-state index in [1.54, 1.807) is 0 Å². The third kappa shape index (κ3) is 9.32. The molecule has 0 bridgehead atoms. The first kappa shape index (κ1) is 28.9. The van der Waals surface area contributed by atoms with Crippen LogP contribution in [0.3, 0.4) is 0 Å². The van der Waals surface area contributed by atoms with E-state index >= 15 is 0 Å². The lowest BCUT2D eigenvalue weighted by atomic mass is 10.1. The van der Waals surface area contributed by atoms with Crippen molar-refractivity contribution < 1.29 is 23.8 Å². The summed E-state index contributed by atoms with van der Waals surface area (Å²) in [7, 11) is 1.47. The van der Waals surface area contributed by atoms with Gasteiger partial charge in [0.2, 0.25) is 5.91 Å². The Balaban J connectivity index is 1.12. The molecule has 3 atom stereocenters. The van der Waals surface area contributed by atoms with Gasteiger partial charge in [-0.25, -0.2) is 14.2 Å². The van der Waals surface area contributed by atoms with Crippen molar-refractivity contribution in [3.63, 3.8) is 0 Å². The molecule has 2 aliphatic carbocycles. The number of hydrogen-bond donors (Lipinski definition) is 2.